The zero-order chi connectivity index (χ0) is 13.8. The average molecular weight is 267 g/mol. The van der Waals surface area contributed by atoms with Crippen LogP contribution in [0.4, 0.5) is 17.3 Å². The topological polar surface area (TPSA) is 94.5 Å². The van der Waals surface area contributed by atoms with E-state index in [-0.39, 0.29) is 0 Å². The molecule has 0 spiro atoms. The maximum absolute atomic E-state index is 5.61. The molecule has 3 rings (SSSR count). The highest BCUT2D eigenvalue weighted by atomic mass is 15.2. The molecule has 100 valence electrons. The van der Waals surface area contributed by atoms with Crippen molar-refractivity contribution in [2.24, 2.45) is 0 Å². The van der Waals surface area contributed by atoms with Gasteiger partial charge in [0, 0.05) is 18.3 Å². The van der Waals surface area contributed by atoms with Crippen LogP contribution in [0.3, 0.4) is 0 Å². The van der Waals surface area contributed by atoms with Crippen molar-refractivity contribution < 1.29 is 0 Å². The molecule has 0 saturated carbocycles. The van der Waals surface area contributed by atoms with Crippen LogP contribution in [0.5, 0.6) is 0 Å². The fourth-order valence-electron chi connectivity index (χ4n) is 1.80. The van der Waals surface area contributed by atoms with Crippen LogP contribution in [-0.2, 0) is 6.54 Å². The van der Waals surface area contributed by atoms with Crippen LogP contribution in [0.25, 0.3) is 0 Å². The summed E-state index contributed by atoms with van der Waals surface area (Å²) >= 11 is 0. The van der Waals surface area contributed by atoms with E-state index in [0.717, 1.165) is 17.8 Å². The summed E-state index contributed by atoms with van der Waals surface area (Å²) in [6.45, 7) is 0.744. The highest BCUT2D eigenvalue weighted by Gasteiger charge is 1.99. The molecule has 3 aromatic rings. The smallest absolute Gasteiger partial charge is 0.135 e. The van der Waals surface area contributed by atoms with Crippen molar-refractivity contribution in [3.63, 3.8) is 0 Å². The summed E-state index contributed by atoms with van der Waals surface area (Å²) in [5.41, 5.74) is 7.71. The molecule has 0 aliphatic heterocycles. The van der Waals surface area contributed by atoms with Crippen molar-refractivity contribution in [2.45, 2.75) is 6.54 Å². The molecule has 1 aromatic carbocycles. The molecule has 0 amide bonds. The van der Waals surface area contributed by atoms with Gasteiger partial charge in [0.25, 0.3) is 0 Å². The highest BCUT2D eigenvalue weighted by molar-refractivity contribution is 5.58. The maximum atomic E-state index is 5.61. The van der Waals surface area contributed by atoms with Crippen molar-refractivity contribution in [3.05, 3.63) is 54.9 Å². The second kappa shape index (κ2) is 5.35. The van der Waals surface area contributed by atoms with Crippen LogP contribution in [0, 0.1) is 0 Å². The third kappa shape index (κ3) is 2.89. The minimum Gasteiger partial charge on any atom is -0.384 e. The van der Waals surface area contributed by atoms with Gasteiger partial charge in [-0.3, -0.25) is 0 Å². The Balaban J connectivity index is 1.70. The number of nitrogen functional groups attached to an aromatic ring is 1. The lowest BCUT2D eigenvalue weighted by atomic mass is 10.2. The summed E-state index contributed by atoms with van der Waals surface area (Å²) in [6, 6.07) is 9.72. The normalized spacial score (nSPS) is 10.4. The lowest BCUT2D eigenvalue weighted by Crippen LogP contribution is -1.99. The van der Waals surface area contributed by atoms with Crippen LogP contribution in [0.15, 0.2) is 49.3 Å². The minimum absolute atomic E-state index is 0.437. The van der Waals surface area contributed by atoms with Crippen LogP contribution in [0.2, 0.25) is 0 Å². The Morgan fingerprint density at radius 1 is 1.05 bits per heavy atom. The van der Waals surface area contributed by atoms with Gasteiger partial charge >= 0.3 is 0 Å². The fourth-order valence-corrected chi connectivity index (χ4v) is 1.80. The maximum Gasteiger partial charge on any atom is 0.135 e. The first kappa shape index (κ1) is 12.1. The summed E-state index contributed by atoms with van der Waals surface area (Å²) in [5, 5.41) is 10.7. The molecule has 0 atom stereocenters. The van der Waals surface area contributed by atoms with Gasteiger partial charge in [-0.15, -0.1) is 10.2 Å². The van der Waals surface area contributed by atoms with E-state index in [0.29, 0.717) is 11.6 Å². The number of anilines is 3. The monoisotopic (exact) mass is 267 g/mol. The Morgan fingerprint density at radius 2 is 1.80 bits per heavy atom. The van der Waals surface area contributed by atoms with E-state index in [1.807, 2.05) is 28.8 Å². The van der Waals surface area contributed by atoms with Crippen molar-refractivity contribution in [3.8, 4) is 0 Å². The van der Waals surface area contributed by atoms with E-state index in [4.69, 9.17) is 5.73 Å². The Labute approximate surface area is 115 Å². The fraction of sp³-hybridized carbons (Fsp3) is 0.0769. The predicted octanol–water partition coefficient (Wildman–Crippen LogP) is 1.44. The second-order valence-corrected chi connectivity index (χ2v) is 4.28. The van der Waals surface area contributed by atoms with Gasteiger partial charge in [0.2, 0.25) is 0 Å². The summed E-state index contributed by atoms with van der Waals surface area (Å²) in [6.07, 6.45) is 4.81. The van der Waals surface area contributed by atoms with Gasteiger partial charge < -0.3 is 15.6 Å². The number of aromatic nitrogens is 5. The molecule has 20 heavy (non-hydrogen) atoms. The second-order valence-electron chi connectivity index (χ2n) is 4.28. The first-order chi connectivity index (χ1) is 9.79. The molecule has 7 nitrogen and oxygen atoms in total. The van der Waals surface area contributed by atoms with E-state index in [1.54, 1.807) is 18.7 Å². The Kier molecular flexibility index (Phi) is 3.24. The summed E-state index contributed by atoms with van der Waals surface area (Å²) in [7, 11) is 0. The first-order valence-electron chi connectivity index (χ1n) is 6.05. The molecule has 0 aliphatic carbocycles. The van der Waals surface area contributed by atoms with Gasteiger partial charge in [-0.25, -0.2) is 9.97 Å². The number of nitrogens with two attached hydrogens (primary N) is 1. The van der Waals surface area contributed by atoms with Crippen LogP contribution in [0.1, 0.15) is 5.56 Å². The lowest BCUT2D eigenvalue weighted by Gasteiger charge is -2.07. The van der Waals surface area contributed by atoms with Gasteiger partial charge in [0.15, 0.2) is 0 Å². The molecule has 0 aliphatic rings. The number of hydrogen-bond donors (Lipinski definition) is 2. The van der Waals surface area contributed by atoms with Gasteiger partial charge in [0.1, 0.15) is 30.6 Å². The van der Waals surface area contributed by atoms with E-state index >= 15 is 0 Å². The molecular formula is C13H13N7. The van der Waals surface area contributed by atoms with Crippen LogP contribution in [-0.4, -0.2) is 24.7 Å². The summed E-state index contributed by atoms with van der Waals surface area (Å²) in [4.78, 5) is 7.94. The number of nitrogens with one attached hydrogen (secondary N) is 1. The van der Waals surface area contributed by atoms with Crippen molar-refractivity contribution >= 4 is 17.3 Å². The Hall–Kier alpha value is -2.96. The van der Waals surface area contributed by atoms with E-state index in [9.17, 15) is 0 Å². The van der Waals surface area contributed by atoms with Gasteiger partial charge in [-0.1, -0.05) is 12.1 Å². The molecule has 2 heterocycles. The molecule has 0 radical (unpaired) electrons. The largest absolute Gasteiger partial charge is 0.384 e. The number of nitrogens with zero attached hydrogens (tertiary/aromatic N) is 5. The Bertz CT molecular complexity index is 676. The minimum atomic E-state index is 0.437. The number of rotatable bonds is 4. The molecule has 7 heteroatoms. The third-order valence-corrected chi connectivity index (χ3v) is 2.75. The van der Waals surface area contributed by atoms with Crippen LogP contribution < -0.4 is 11.1 Å². The lowest BCUT2D eigenvalue weighted by molar-refractivity contribution is 0.794. The van der Waals surface area contributed by atoms with E-state index in [1.165, 1.54) is 6.33 Å². The SMILES string of the molecule is Nc1cc(Nc2ccc(Cn3cnnc3)cc2)ncn1. The standard InChI is InChI=1S/C13H13N7/c14-12-5-13(16-7-15-12)19-11-3-1-10(2-4-11)6-20-8-17-18-9-20/h1-5,7-9H,6H2,(H3,14,15,16,19). The predicted molar refractivity (Wildman–Crippen MR) is 75.3 cm³/mol. The van der Waals surface area contributed by atoms with Crippen molar-refractivity contribution in [1.29, 1.82) is 0 Å². The van der Waals surface area contributed by atoms with Crippen molar-refractivity contribution in [2.75, 3.05) is 11.1 Å². The average Bonchev–Trinajstić information content (AvgIpc) is 2.94. The molecule has 0 fully saturated rings. The molecule has 0 saturated heterocycles. The van der Waals surface area contributed by atoms with E-state index < -0.39 is 0 Å². The summed E-state index contributed by atoms with van der Waals surface area (Å²) < 4.78 is 1.91. The van der Waals surface area contributed by atoms with Gasteiger partial charge in [0.05, 0.1) is 0 Å². The molecule has 0 unspecified atom stereocenters. The quantitative estimate of drug-likeness (QED) is 0.742. The molecule has 2 aromatic heterocycles. The summed E-state index contributed by atoms with van der Waals surface area (Å²) in [5.74, 6) is 1.11. The number of benzene rings is 1. The molecule has 3 N–H and O–H groups in total. The van der Waals surface area contributed by atoms with Crippen molar-refractivity contribution in [1.82, 2.24) is 24.7 Å². The van der Waals surface area contributed by atoms with E-state index in [2.05, 4.69) is 25.5 Å². The first-order valence-corrected chi connectivity index (χ1v) is 6.05. The zero-order valence-electron chi connectivity index (χ0n) is 10.6. The molecular weight excluding hydrogens is 254 g/mol. The van der Waals surface area contributed by atoms with Gasteiger partial charge in [-0.05, 0) is 17.7 Å². The van der Waals surface area contributed by atoms with Gasteiger partial charge in [-0.2, -0.15) is 0 Å². The Morgan fingerprint density at radius 3 is 2.50 bits per heavy atom. The number of hydrogen-bond acceptors (Lipinski definition) is 6. The third-order valence-electron chi connectivity index (χ3n) is 2.75. The van der Waals surface area contributed by atoms with Crippen LogP contribution >= 0.6 is 0 Å². The molecule has 0 bridgehead atoms. The zero-order valence-corrected chi connectivity index (χ0v) is 10.6. The highest BCUT2D eigenvalue weighted by Crippen LogP contribution is 2.16.